The van der Waals surface area contributed by atoms with E-state index in [1.165, 1.54) is 10.8 Å². The number of fused-ring (bicyclic) bond motifs is 1. The first kappa shape index (κ1) is 14.9. The molecule has 0 bridgehead atoms. The van der Waals surface area contributed by atoms with Gasteiger partial charge >= 0.3 is 0 Å². The molecule has 1 fully saturated rings. The van der Waals surface area contributed by atoms with E-state index >= 15 is 0 Å². The summed E-state index contributed by atoms with van der Waals surface area (Å²) in [6.07, 6.45) is 1.75. The van der Waals surface area contributed by atoms with Crippen LogP contribution in [-0.2, 0) is 0 Å². The maximum absolute atomic E-state index is 12.4. The van der Waals surface area contributed by atoms with Crippen LogP contribution >= 0.6 is 0 Å². The van der Waals surface area contributed by atoms with E-state index in [9.17, 15) is 9.90 Å². The molecule has 0 aliphatic carbocycles. The van der Waals surface area contributed by atoms with Crippen molar-refractivity contribution >= 4 is 16.7 Å². The van der Waals surface area contributed by atoms with Crippen LogP contribution in [0.2, 0.25) is 0 Å². The molecule has 2 aromatic carbocycles. The van der Waals surface area contributed by atoms with Crippen LogP contribution in [-0.4, -0.2) is 45.3 Å². The quantitative estimate of drug-likeness (QED) is 0.762. The number of aromatic nitrogens is 2. The Labute approximate surface area is 139 Å². The highest BCUT2D eigenvalue weighted by Gasteiger charge is 2.31. The van der Waals surface area contributed by atoms with Gasteiger partial charge in [-0.25, -0.2) is 0 Å². The molecular weight excluding hydrogens is 302 g/mol. The van der Waals surface area contributed by atoms with Crippen molar-refractivity contribution in [2.45, 2.75) is 18.4 Å². The van der Waals surface area contributed by atoms with Crippen molar-refractivity contribution in [3.63, 3.8) is 0 Å². The smallest absolute Gasteiger partial charge is 0.271 e. The van der Waals surface area contributed by atoms with Crippen molar-refractivity contribution in [3.8, 4) is 0 Å². The van der Waals surface area contributed by atoms with Crippen molar-refractivity contribution in [2.75, 3.05) is 13.1 Å². The Bertz CT molecular complexity index is 860. The number of nitrogens with one attached hydrogen (secondary N) is 1. The number of β-amino-alcohol motifs (C(OH)–C–C–N with tert-alkyl or cyclic N) is 1. The number of aromatic amines is 1. The van der Waals surface area contributed by atoms with Crippen LogP contribution < -0.4 is 0 Å². The van der Waals surface area contributed by atoms with Gasteiger partial charge < -0.3 is 10.0 Å². The second-order valence-electron chi connectivity index (χ2n) is 6.29. The van der Waals surface area contributed by atoms with Gasteiger partial charge in [-0.2, -0.15) is 5.10 Å². The lowest BCUT2D eigenvalue weighted by Crippen LogP contribution is -2.45. The number of hydrogen-bond donors (Lipinski definition) is 2. The fraction of sp³-hybridized carbons (Fsp3) is 0.263. The number of carbonyl (C=O) groups excluding carboxylic acids is 1. The lowest BCUT2D eigenvalue weighted by Gasteiger charge is -2.36. The minimum atomic E-state index is -0.563. The molecule has 1 aliphatic rings. The van der Waals surface area contributed by atoms with Crippen molar-refractivity contribution < 1.29 is 9.90 Å². The first-order valence-corrected chi connectivity index (χ1v) is 8.18. The monoisotopic (exact) mass is 321 g/mol. The van der Waals surface area contributed by atoms with Gasteiger partial charge in [-0.15, -0.1) is 0 Å². The zero-order valence-corrected chi connectivity index (χ0v) is 13.2. The molecule has 3 aromatic rings. The van der Waals surface area contributed by atoms with E-state index in [0.29, 0.717) is 18.8 Å². The Balaban J connectivity index is 1.53. The van der Waals surface area contributed by atoms with Crippen LogP contribution in [0.1, 0.15) is 28.4 Å². The SMILES string of the molecule is O=C(c1ccn[nH]1)N1CC[C@@H](c2ccc3ccccc3c2)[C@H](O)C1. The number of piperidine rings is 1. The van der Waals surface area contributed by atoms with Gasteiger partial charge in [0.25, 0.3) is 5.91 Å². The molecule has 0 radical (unpaired) electrons. The molecule has 2 N–H and O–H groups in total. The molecule has 122 valence electrons. The van der Waals surface area contributed by atoms with Crippen LogP contribution in [0.25, 0.3) is 10.8 Å². The van der Waals surface area contributed by atoms with E-state index in [1.807, 2.05) is 12.1 Å². The summed E-state index contributed by atoms with van der Waals surface area (Å²) in [5.41, 5.74) is 1.60. The maximum Gasteiger partial charge on any atom is 0.271 e. The first-order chi connectivity index (χ1) is 11.7. The number of aliphatic hydroxyl groups excluding tert-OH is 1. The Kier molecular flexibility index (Phi) is 3.78. The molecule has 0 saturated carbocycles. The Morgan fingerprint density at radius 3 is 2.75 bits per heavy atom. The van der Waals surface area contributed by atoms with Crippen LogP contribution in [0.15, 0.2) is 54.7 Å². The molecule has 1 saturated heterocycles. The van der Waals surface area contributed by atoms with Gasteiger partial charge in [0.05, 0.1) is 6.10 Å². The fourth-order valence-corrected chi connectivity index (χ4v) is 3.49. The topological polar surface area (TPSA) is 69.2 Å². The van der Waals surface area contributed by atoms with Crippen molar-refractivity contribution in [2.24, 2.45) is 0 Å². The summed E-state index contributed by atoms with van der Waals surface area (Å²) >= 11 is 0. The minimum Gasteiger partial charge on any atom is -0.391 e. The molecule has 2 heterocycles. The number of hydrogen-bond acceptors (Lipinski definition) is 3. The lowest BCUT2D eigenvalue weighted by molar-refractivity contribution is 0.0378. The highest BCUT2D eigenvalue weighted by Crippen LogP contribution is 2.31. The molecule has 5 nitrogen and oxygen atoms in total. The summed E-state index contributed by atoms with van der Waals surface area (Å²) in [4.78, 5) is 14.1. The number of nitrogens with zero attached hydrogens (tertiary/aromatic N) is 2. The Hall–Kier alpha value is -2.66. The number of likely N-dealkylation sites (tertiary alicyclic amines) is 1. The van der Waals surface area contributed by atoms with Crippen molar-refractivity contribution in [1.82, 2.24) is 15.1 Å². The summed E-state index contributed by atoms with van der Waals surface area (Å²) in [6.45, 7) is 0.974. The molecule has 5 heteroatoms. The second-order valence-corrected chi connectivity index (χ2v) is 6.29. The summed E-state index contributed by atoms with van der Waals surface area (Å²) in [5, 5.41) is 19.5. The third-order valence-electron chi connectivity index (χ3n) is 4.80. The Morgan fingerprint density at radius 2 is 2.00 bits per heavy atom. The average molecular weight is 321 g/mol. The predicted molar refractivity (Wildman–Crippen MR) is 91.8 cm³/mol. The highest BCUT2D eigenvalue weighted by molar-refractivity contribution is 5.92. The standard InChI is InChI=1S/C19H19N3O2/c23-18-12-22(19(24)17-7-9-20-21-17)10-8-16(18)15-6-5-13-3-1-2-4-14(13)11-15/h1-7,9,11,16,18,23H,8,10,12H2,(H,20,21)/t16-,18+/m0/s1. The van der Waals surface area contributed by atoms with Gasteiger partial charge in [-0.1, -0.05) is 42.5 Å². The van der Waals surface area contributed by atoms with Gasteiger partial charge in [0, 0.05) is 25.2 Å². The van der Waals surface area contributed by atoms with Gasteiger partial charge in [-0.3, -0.25) is 9.89 Å². The molecular formula is C19H19N3O2. The van der Waals surface area contributed by atoms with Crippen molar-refractivity contribution in [3.05, 3.63) is 66.0 Å². The number of amides is 1. The molecule has 24 heavy (non-hydrogen) atoms. The third kappa shape index (κ3) is 2.67. The second kappa shape index (κ2) is 6.09. The minimum absolute atomic E-state index is 0.0559. The zero-order valence-electron chi connectivity index (χ0n) is 13.2. The summed E-state index contributed by atoms with van der Waals surface area (Å²) < 4.78 is 0. The molecule has 1 amide bonds. The lowest BCUT2D eigenvalue weighted by atomic mass is 9.86. The van der Waals surface area contributed by atoms with Crippen LogP contribution in [0.4, 0.5) is 0 Å². The maximum atomic E-state index is 12.4. The largest absolute Gasteiger partial charge is 0.391 e. The average Bonchev–Trinajstić information content (AvgIpc) is 3.15. The molecule has 1 aromatic heterocycles. The van der Waals surface area contributed by atoms with Crippen LogP contribution in [0.5, 0.6) is 0 Å². The highest BCUT2D eigenvalue weighted by atomic mass is 16.3. The fourth-order valence-electron chi connectivity index (χ4n) is 3.49. The van der Waals surface area contributed by atoms with E-state index in [-0.39, 0.29) is 11.8 Å². The molecule has 2 atom stereocenters. The summed E-state index contributed by atoms with van der Waals surface area (Å²) in [7, 11) is 0. The predicted octanol–water partition coefficient (Wildman–Crippen LogP) is 2.55. The molecule has 1 aliphatic heterocycles. The molecule has 0 unspecified atom stereocenters. The number of carbonyl (C=O) groups is 1. The van der Waals surface area contributed by atoms with E-state index in [0.717, 1.165) is 12.0 Å². The zero-order chi connectivity index (χ0) is 16.5. The van der Waals surface area contributed by atoms with Gasteiger partial charge in [0.1, 0.15) is 5.69 Å². The van der Waals surface area contributed by atoms with E-state index in [2.05, 4.69) is 40.5 Å². The molecule has 4 rings (SSSR count). The van der Waals surface area contributed by atoms with E-state index in [4.69, 9.17) is 0 Å². The van der Waals surface area contributed by atoms with Gasteiger partial charge in [0.2, 0.25) is 0 Å². The normalized spacial score (nSPS) is 21.1. The summed E-state index contributed by atoms with van der Waals surface area (Å²) in [5.74, 6) is -0.0519. The number of benzene rings is 2. The third-order valence-corrected chi connectivity index (χ3v) is 4.80. The summed E-state index contributed by atoms with van der Waals surface area (Å²) in [6, 6.07) is 16.2. The number of H-pyrrole nitrogens is 1. The van der Waals surface area contributed by atoms with Gasteiger partial charge in [0.15, 0.2) is 0 Å². The number of rotatable bonds is 2. The van der Waals surface area contributed by atoms with Crippen LogP contribution in [0.3, 0.4) is 0 Å². The number of aliphatic hydroxyl groups is 1. The van der Waals surface area contributed by atoms with E-state index in [1.54, 1.807) is 17.2 Å². The van der Waals surface area contributed by atoms with E-state index < -0.39 is 6.10 Å². The van der Waals surface area contributed by atoms with Crippen LogP contribution in [0, 0.1) is 0 Å². The van der Waals surface area contributed by atoms with Gasteiger partial charge in [-0.05, 0) is 28.8 Å². The first-order valence-electron chi connectivity index (χ1n) is 8.18. The molecule has 0 spiro atoms. The Morgan fingerprint density at radius 1 is 1.17 bits per heavy atom. The van der Waals surface area contributed by atoms with Crippen molar-refractivity contribution in [1.29, 1.82) is 0 Å².